The van der Waals surface area contributed by atoms with Crippen molar-refractivity contribution in [3.8, 4) is 11.5 Å². The number of nitrogens with zero attached hydrogens (tertiary/aromatic N) is 2. The van der Waals surface area contributed by atoms with Crippen molar-refractivity contribution in [1.29, 1.82) is 0 Å². The molecule has 2 aromatic rings. The number of hydrogen-bond acceptors (Lipinski definition) is 5. The van der Waals surface area contributed by atoms with Gasteiger partial charge in [-0.2, -0.15) is 0 Å². The van der Waals surface area contributed by atoms with Gasteiger partial charge in [-0.1, -0.05) is 18.2 Å². The Balaban J connectivity index is 0.00000261. The molecule has 0 radical (unpaired) electrons. The summed E-state index contributed by atoms with van der Waals surface area (Å²) in [6.45, 7) is 1.41. The van der Waals surface area contributed by atoms with E-state index in [1.165, 1.54) is 6.07 Å². The van der Waals surface area contributed by atoms with E-state index in [2.05, 4.69) is 15.6 Å². The first-order valence-corrected chi connectivity index (χ1v) is 8.22. The van der Waals surface area contributed by atoms with Gasteiger partial charge >= 0.3 is 0 Å². The fourth-order valence-corrected chi connectivity index (χ4v) is 2.61. The Bertz CT molecular complexity index is 829. The van der Waals surface area contributed by atoms with Gasteiger partial charge in [0.2, 0.25) is 6.79 Å². The number of nitrogens with one attached hydrogen (secondary N) is 2. The van der Waals surface area contributed by atoms with Crippen LogP contribution in [-0.4, -0.2) is 31.3 Å². The topological polar surface area (TPSA) is 98.0 Å². The number of aliphatic imine (C=N–C) groups is 1. The van der Waals surface area contributed by atoms with E-state index >= 15 is 0 Å². The Morgan fingerprint density at radius 1 is 1.15 bits per heavy atom. The predicted octanol–water partition coefficient (Wildman–Crippen LogP) is 2.85. The van der Waals surface area contributed by atoms with Gasteiger partial charge in [-0.05, 0) is 29.7 Å². The zero-order valence-electron chi connectivity index (χ0n) is 14.8. The summed E-state index contributed by atoms with van der Waals surface area (Å²) in [5.41, 5.74) is 2.03. The second-order valence-electron chi connectivity index (χ2n) is 5.72. The van der Waals surface area contributed by atoms with Gasteiger partial charge in [0.05, 0.1) is 4.92 Å². The van der Waals surface area contributed by atoms with Gasteiger partial charge in [-0.15, -0.1) is 24.0 Å². The average Bonchev–Trinajstić information content (AvgIpc) is 3.12. The van der Waals surface area contributed by atoms with Crippen molar-refractivity contribution < 1.29 is 14.4 Å². The van der Waals surface area contributed by atoms with Gasteiger partial charge in [0.1, 0.15) is 0 Å². The predicted molar refractivity (Wildman–Crippen MR) is 113 cm³/mol. The molecule has 0 aliphatic carbocycles. The van der Waals surface area contributed by atoms with Gasteiger partial charge in [-0.3, -0.25) is 15.1 Å². The smallest absolute Gasteiger partial charge is 0.269 e. The Morgan fingerprint density at radius 3 is 2.74 bits per heavy atom. The highest BCUT2D eigenvalue weighted by Gasteiger charge is 2.13. The molecule has 2 aromatic carbocycles. The molecule has 0 saturated heterocycles. The number of halogens is 1. The number of hydrogen-bond donors (Lipinski definition) is 2. The molecule has 0 saturated carbocycles. The third-order valence-electron chi connectivity index (χ3n) is 3.95. The molecular formula is C18H21IN4O4. The van der Waals surface area contributed by atoms with Crippen molar-refractivity contribution in [2.24, 2.45) is 4.99 Å². The van der Waals surface area contributed by atoms with Gasteiger partial charge in [0.15, 0.2) is 17.5 Å². The van der Waals surface area contributed by atoms with Crippen LogP contribution in [0.3, 0.4) is 0 Å². The number of non-ortho nitro benzene ring substituents is 1. The Labute approximate surface area is 174 Å². The lowest BCUT2D eigenvalue weighted by molar-refractivity contribution is -0.384. The van der Waals surface area contributed by atoms with Crippen LogP contribution in [0.2, 0.25) is 0 Å². The molecule has 27 heavy (non-hydrogen) atoms. The molecule has 0 spiro atoms. The summed E-state index contributed by atoms with van der Waals surface area (Å²) in [7, 11) is 1.68. The summed E-state index contributed by atoms with van der Waals surface area (Å²) in [6, 6.07) is 12.4. The maximum atomic E-state index is 10.8. The van der Waals surface area contributed by atoms with Crippen LogP contribution in [0.5, 0.6) is 11.5 Å². The van der Waals surface area contributed by atoms with E-state index in [-0.39, 0.29) is 36.5 Å². The number of nitro groups is 1. The van der Waals surface area contributed by atoms with Crippen LogP contribution in [0, 0.1) is 10.1 Å². The Hall–Kier alpha value is -2.56. The fraction of sp³-hybridized carbons (Fsp3) is 0.278. The van der Waals surface area contributed by atoms with Crippen LogP contribution in [0.25, 0.3) is 0 Å². The molecule has 0 unspecified atom stereocenters. The van der Waals surface area contributed by atoms with E-state index in [9.17, 15) is 10.1 Å². The zero-order valence-corrected chi connectivity index (χ0v) is 17.1. The molecule has 1 aliphatic heterocycles. The van der Waals surface area contributed by atoms with E-state index in [1.807, 2.05) is 24.3 Å². The normalized spacial score (nSPS) is 12.3. The first-order chi connectivity index (χ1) is 12.7. The molecule has 0 aromatic heterocycles. The fourth-order valence-electron chi connectivity index (χ4n) is 2.61. The van der Waals surface area contributed by atoms with Crippen molar-refractivity contribution in [2.75, 3.05) is 20.4 Å². The van der Waals surface area contributed by atoms with Crippen LogP contribution < -0.4 is 20.1 Å². The first-order valence-electron chi connectivity index (χ1n) is 8.22. The summed E-state index contributed by atoms with van der Waals surface area (Å²) in [5, 5.41) is 17.2. The second-order valence-corrected chi connectivity index (χ2v) is 5.72. The van der Waals surface area contributed by atoms with E-state index < -0.39 is 4.92 Å². The molecule has 2 N–H and O–H groups in total. The molecule has 9 heteroatoms. The molecule has 0 fully saturated rings. The maximum absolute atomic E-state index is 10.8. The number of nitro benzene ring substituents is 1. The van der Waals surface area contributed by atoms with Gasteiger partial charge in [-0.25, -0.2) is 0 Å². The van der Waals surface area contributed by atoms with E-state index in [1.54, 1.807) is 19.2 Å². The lowest BCUT2D eigenvalue weighted by Crippen LogP contribution is -2.37. The Morgan fingerprint density at radius 2 is 1.96 bits per heavy atom. The quantitative estimate of drug-likeness (QED) is 0.215. The molecule has 0 amide bonds. The number of fused-ring (bicyclic) bond motifs is 1. The van der Waals surface area contributed by atoms with Crippen LogP contribution in [0.1, 0.15) is 11.1 Å². The molecule has 1 aliphatic rings. The van der Waals surface area contributed by atoms with E-state index in [4.69, 9.17) is 9.47 Å². The minimum absolute atomic E-state index is 0. The highest BCUT2D eigenvalue weighted by atomic mass is 127. The number of rotatable bonds is 6. The van der Waals surface area contributed by atoms with Gasteiger partial charge in [0.25, 0.3) is 5.69 Å². The average molecular weight is 484 g/mol. The third kappa shape index (κ3) is 5.71. The standard InChI is InChI=1S/C18H20N4O4.HI/c1-19-18(21-11-14-3-2-4-15(9-14)22(23)24)20-8-7-13-5-6-16-17(10-13)26-12-25-16;/h2-6,9-10H,7-8,11-12H2,1H3,(H2,19,20,21);1H. The summed E-state index contributed by atoms with van der Waals surface area (Å²) in [4.78, 5) is 14.6. The minimum Gasteiger partial charge on any atom is -0.454 e. The molecule has 8 nitrogen and oxygen atoms in total. The summed E-state index contributed by atoms with van der Waals surface area (Å²) in [6.07, 6.45) is 0.800. The van der Waals surface area contributed by atoms with Crippen molar-refractivity contribution in [1.82, 2.24) is 10.6 Å². The molecule has 1 heterocycles. The number of benzene rings is 2. The van der Waals surface area contributed by atoms with Gasteiger partial charge in [0, 0.05) is 32.3 Å². The SMILES string of the molecule is CN=C(NCCc1ccc2c(c1)OCO2)NCc1cccc([N+](=O)[O-])c1.I. The monoisotopic (exact) mass is 484 g/mol. The highest BCUT2D eigenvalue weighted by Crippen LogP contribution is 2.32. The molecule has 0 bridgehead atoms. The summed E-state index contributed by atoms with van der Waals surface area (Å²) in [5.74, 6) is 2.18. The largest absolute Gasteiger partial charge is 0.454 e. The third-order valence-corrected chi connectivity index (χ3v) is 3.95. The Kier molecular flexibility index (Phi) is 7.65. The first kappa shape index (κ1) is 20.7. The van der Waals surface area contributed by atoms with Crippen LogP contribution in [0.15, 0.2) is 47.5 Å². The summed E-state index contributed by atoms with van der Waals surface area (Å²) < 4.78 is 10.7. The molecule has 144 valence electrons. The molecule has 0 atom stereocenters. The summed E-state index contributed by atoms with van der Waals surface area (Å²) >= 11 is 0. The van der Waals surface area contributed by atoms with Crippen molar-refractivity contribution in [3.05, 3.63) is 63.7 Å². The highest BCUT2D eigenvalue weighted by molar-refractivity contribution is 14.0. The van der Waals surface area contributed by atoms with Gasteiger partial charge < -0.3 is 20.1 Å². The van der Waals surface area contributed by atoms with E-state index in [0.717, 1.165) is 29.0 Å². The number of ether oxygens (including phenoxy) is 2. The van der Waals surface area contributed by atoms with Crippen molar-refractivity contribution in [3.63, 3.8) is 0 Å². The van der Waals surface area contributed by atoms with Crippen LogP contribution >= 0.6 is 24.0 Å². The minimum atomic E-state index is -0.401. The molecule has 3 rings (SSSR count). The zero-order chi connectivity index (χ0) is 18.4. The molecular weight excluding hydrogens is 463 g/mol. The lowest BCUT2D eigenvalue weighted by atomic mass is 10.1. The van der Waals surface area contributed by atoms with Crippen molar-refractivity contribution in [2.45, 2.75) is 13.0 Å². The van der Waals surface area contributed by atoms with Crippen molar-refractivity contribution >= 4 is 35.6 Å². The second kappa shape index (κ2) is 9.95. The number of guanidine groups is 1. The van der Waals surface area contributed by atoms with E-state index in [0.29, 0.717) is 19.0 Å². The van der Waals surface area contributed by atoms with Crippen LogP contribution in [-0.2, 0) is 13.0 Å². The lowest BCUT2D eigenvalue weighted by Gasteiger charge is -2.12. The maximum Gasteiger partial charge on any atom is 0.269 e. The van der Waals surface area contributed by atoms with Crippen LogP contribution in [0.4, 0.5) is 5.69 Å².